The van der Waals surface area contributed by atoms with Crippen LogP contribution in [0.25, 0.3) is 0 Å². The molecule has 1 amide bonds. The molecule has 0 radical (unpaired) electrons. The highest BCUT2D eigenvalue weighted by atomic mass is 19.1. The van der Waals surface area contributed by atoms with Crippen LogP contribution in [0.5, 0.6) is 0 Å². The first-order chi connectivity index (χ1) is 15.1. The largest absolute Gasteiger partial charge is 0.369 e. The molecular weight excluding hydrogens is 395 g/mol. The molecule has 2 aromatic carbocycles. The molecule has 31 heavy (non-hydrogen) atoms. The summed E-state index contributed by atoms with van der Waals surface area (Å²) in [5.41, 5.74) is 2.45. The number of rotatable bonds is 6. The molecule has 0 bridgehead atoms. The normalized spacial score (nSPS) is 16.2. The van der Waals surface area contributed by atoms with E-state index in [0.29, 0.717) is 19.6 Å². The average molecular weight is 420 g/mol. The van der Waals surface area contributed by atoms with Gasteiger partial charge in [-0.3, -0.25) is 9.59 Å². The third kappa shape index (κ3) is 5.36. The smallest absolute Gasteiger partial charge is 0.269 e. The monoisotopic (exact) mass is 420 g/mol. The van der Waals surface area contributed by atoms with Gasteiger partial charge in [-0.2, -0.15) is 5.10 Å². The van der Waals surface area contributed by atoms with E-state index in [2.05, 4.69) is 10.4 Å². The fourth-order valence-electron chi connectivity index (χ4n) is 3.83. The number of piperidine rings is 1. The van der Waals surface area contributed by atoms with Crippen LogP contribution in [0.1, 0.15) is 24.0 Å². The second-order valence-electron chi connectivity index (χ2n) is 7.82. The van der Waals surface area contributed by atoms with Crippen molar-refractivity contribution < 1.29 is 9.18 Å². The Balaban J connectivity index is 1.37. The van der Waals surface area contributed by atoms with Gasteiger partial charge >= 0.3 is 0 Å². The van der Waals surface area contributed by atoms with Crippen LogP contribution in [-0.4, -0.2) is 28.8 Å². The van der Waals surface area contributed by atoms with Gasteiger partial charge < -0.3 is 10.2 Å². The van der Waals surface area contributed by atoms with Crippen molar-refractivity contribution in [1.82, 2.24) is 15.1 Å². The predicted molar refractivity (Wildman–Crippen MR) is 117 cm³/mol. The molecule has 1 aliphatic heterocycles. The van der Waals surface area contributed by atoms with E-state index in [4.69, 9.17) is 0 Å². The van der Waals surface area contributed by atoms with Crippen molar-refractivity contribution in [2.75, 3.05) is 18.0 Å². The van der Waals surface area contributed by atoms with Gasteiger partial charge in [-0.15, -0.1) is 0 Å². The van der Waals surface area contributed by atoms with Crippen LogP contribution in [0, 0.1) is 11.7 Å². The molecule has 1 atom stereocenters. The minimum absolute atomic E-state index is 0.0283. The molecule has 1 aliphatic rings. The number of carbonyl (C=O) groups is 1. The summed E-state index contributed by atoms with van der Waals surface area (Å²) in [6.07, 6.45) is 3.36. The topological polar surface area (TPSA) is 67.2 Å². The Bertz CT molecular complexity index is 1080. The van der Waals surface area contributed by atoms with Gasteiger partial charge in [0.1, 0.15) is 5.82 Å². The van der Waals surface area contributed by atoms with Crippen LogP contribution in [0.4, 0.5) is 10.1 Å². The maximum atomic E-state index is 13.0. The SMILES string of the molecule is O=C(NCc1ccc(F)cc1)[C@@H]1CCCN(c2cnn(Cc3ccccc3)c(=O)c2)C1. The van der Waals surface area contributed by atoms with Crippen LogP contribution in [0.2, 0.25) is 0 Å². The molecule has 0 unspecified atom stereocenters. The summed E-state index contributed by atoms with van der Waals surface area (Å²) < 4.78 is 14.5. The van der Waals surface area contributed by atoms with E-state index >= 15 is 0 Å². The fourth-order valence-corrected chi connectivity index (χ4v) is 3.83. The quantitative estimate of drug-likeness (QED) is 0.666. The molecule has 7 heteroatoms. The van der Waals surface area contributed by atoms with Crippen LogP contribution in [0.3, 0.4) is 0 Å². The molecule has 1 saturated heterocycles. The molecule has 4 rings (SSSR count). The van der Waals surface area contributed by atoms with Gasteiger partial charge in [0.25, 0.3) is 5.56 Å². The first-order valence-corrected chi connectivity index (χ1v) is 10.5. The van der Waals surface area contributed by atoms with Crippen molar-refractivity contribution in [3.8, 4) is 0 Å². The van der Waals surface area contributed by atoms with Crippen LogP contribution in [0.15, 0.2) is 71.7 Å². The third-order valence-corrected chi connectivity index (χ3v) is 5.57. The number of nitrogens with one attached hydrogen (secondary N) is 1. The number of halogens is 1. The predicted octanol–water partition coefficient (Wildman–Crippen LogP) is 2.96. The second-order valence-corrected chi connectivity index (χ2v) is 7.82. The minimum atomic E-state index is -0.294. The minimum Gasteiger partial charge on any atom is -0.369 e. The first-order valence-electron chi connectivity index (χ1n) is 10.5. The van der Waals surface area contributed by atoms with Gasteiger partial charge in [0.05, 0.1) is 24.3 Å². The zero-order valence-electron chi connectivity index (χ0n) is 17.2. The van der Waals surface area contributed by atoms with Gasteiger partial charge in [0.2, 0.25) is 5.91 Å². The fraction of sp³-hybridized carbons (Fsp3) is 0.292. The summed E-state index contributed by atoms with van der Waals surface area (Å²) in [6, 6.07) is 17.4. The lowest BCUT2D eigenvalue weighted by atomic mass is 9.96. The van der Waals surface area contributed by atoms with Gasteiger partial charge in [-0.25, -0.2) is 9.07 Å². The van der Waals surface area contributed by atoms with Crippen molar-refractivity contribution in [2.45, 2.75) is 25.9 Å². The molecule has 2 heterocycles. The Kier molecular flexibility index (Phi) is 6.40. The lowest BCUT2D eigenvalue weighted by Gasteiger charge is -2.33. The molecule has 0 aliphatic carbocycles. The lowest BCUT2D eigenvalue weighted by molar-refractivity contribution is -0.125. The average Bonchev–Trinajstić information content (AvgIpc) is 2.80. The van der Waals surface area contributed by atoms with E-state index < -0.39 is 0 Å². The third-order valence-electron chi connectivity index (χ3n) is 5.57. The second kappa shape index (κ2) is 9.55. The number of amides is 1. The van der Waals surface area contributed by atoms with Crippen molar-refractivity contribution in [3.05, 3.63) is 94.2 Å². The Morgan fingerprint density at radius 2 is 1.87 bits per heavy atom. The van der Waals surface area contributed by atoms with Crippen molar-refractivity contribution in [1.29, 1.82) is 0 Å². The lowest BCUT2D eigenvalue weighted by Crippen LogP contribution is -2.43. The van der Waals surface area contributed by atoms with Crippen molar-refractivity contribution in [3.63, 3.8) is 0 Å². The van der Waals surface area contributed by atoms with Crippen molar-refractivity contribution >= 4 is 11.6 Å². The number of nitrogens with zero attached hydrogens (tertiary/aromatic N) is 3. The van der Waals surface area contributed by atoms with Gasteiger partial charge in [0.15, 0.2) is 0 Å². The Morgan fingerprint density at radius 3 is 2.61 bits per heavy atom. The zero-order chi connectivity index (χ0) is 21.6. The molecule has 1 N–H and O–H groups in total. The summed E-state index contributed by atoms with van der Waals surface area (Å²) >= 11 is 0. The number of anilines is 1. The standard InChI is InChI=1S/C24H25FN4O2/c25-21-10-8-18(9-11-21)14-26-24(31)20-7-4-12-28(17-20)22-13-23(30)29(27-15-22)16-19-5-2-1-3-6-19/h1-3,5-6,8-11,13,15,20H,4,7,12,14,16-17H2,(H,26,31)/t20-/m1/s1. The zero-order valence-corrected chi connectivity index (χ0v) is 17.2. The van der Waals surface area contributed by atoms with Crippen molar-refractivity contribution in [2.24, 2.45) is 5.92 Å². The summed E-state index contributed by atoms with van der Waals surface area (Å²) in [5.74, 6) is -0.488. The Hall–Kier alpha value is -3.48. The Labute approximate surface area is 180 Å². The highest BCUT2D eigenvalue weighted by Gasteiger charge is 2.26. The summed E-state index contributed by atoms with van der Waals surface area (Å²) in [5, 5.41) is 7.27. The molecule has 0 saturated carbocycles. The van der Waals surface area contributed by atoms with Gasteiger partial charge in [-0.1, -0.05) is 42.5 Å². The first kappa shape index (κ1) is 20.8. The molecule has 6 nitrogen and oxygen atoms in total. The number of hydrogen-bond donors (Lipinski definition) is 1. The molecule has 1 fully saturated rings. The number of aromatic nitrogens is 2. The van der Waals surface area contributed by atoms with E-state index in [-0.39, 0.29) is 23.2 Å². The van der Waals surface area contributed by atoms with Gasteiger partial charge in [0, 0.05) is 25.7 Å². The van der Waals surface area contributed by atoms with E-state index in [9.17, 15) is 14.0 Å². The van der Waals surface area contributed by atoms with E-state index in [1.54, 1.807) is 24.4 Å². The molecule has 3 aromatic rings. The van der Waals surface area contributed by atoms with Crippen LogP contribution < -0.4 is 15.8 Å². The summed E-state index contributed by atoms with van der Waals surface area (Å²) in [6.45, 7) is 2.12. The van der Waals surface area contributed by atoms with Gasteiger partial charge in [-0.05, 0) is 36.1 Å². The van der Waals surface area contributed by atoms with Crippen LogP contribution in [-0.2, 0) is 17.9 Å². The Morgan fingerprint density at radius 1 is 1.10 bits per heavy atom. The molecular formula is C24H25FN4O2. The number of benzene rings is 2. The molecule has 1 aromatic heterocycles. The maximum absolute atomic E-state index is 13.0. The van der Waals surface area contributed by atoms with Crippen LogP contribution >= 0.6 is 0 Å². The molecule has 160 valence electrons. The number of hydrogen-bond acceptors (Lipinski definition) is 4. The molecule has 0 spiro atoms. The maximum Gasteiger partial charge on any atom is 0.269 e. The van der Waals surface area contributed by atoms with E-state index in [1.807, 2.05) is 35.2 Å². The highest BCUT2D eigenvalue weighted by Crippen LogP contribution is 2.22. The highest BCUT2D eigenvalue weighted by molar-refractivity contribution is 5.79. The number of carbonyl (C=O) groups excluding carboxylic acids is 1. The summed E-state index contributed by atoms with van der Waals surface area (Å²) in [4.78, 5) is 27.2. The van der Waals surface area contributed by atoms with E-state index in [1.165, 1.54) is 16.8 Å². The van der Waals surface area contributed by atoms with E-state index in [0.717, 1.165) is 36.2 Å². The summed E-state index contributed by atoms with van der Waals surface area (Å²) in [7, 11) is 0.